The third-order valence-corrected chi connectivity index (χ3v) is 4.34. The van der Waals surface area contributed by atoms with Gasteiger partial charge in [-0.15, -0.1) is 0 Å². The number of benzene rings is 1. The Morgan fingerprint density at radius 3 is 2.44 bits per heavy atom. The first kappa shape index (κ1) is 28.8. The Bertz CT molecular complexity index is 965. The minimum absolute atomic E-state index is 0.0988. The number of nitrogens with one attached hydrogen (secondary N) is 1. The Morgan fingerprint density at radius 2 is 1.88 bits per heavy atom. The average Bonchev–Trinajstić information content (AvgIpc) is 2.79. The van der Waals surface area contributed by atoms with Gasteiger partial charge in [0.25, 0.3) is 0 Å². The van der Waals surface area contributed by atoms with Crippen LogP contribution in [0.25, 0.3) is 12.2 Å². The molecule has 32 heavy (non-hydrogen) atoms. The maximum absolute atomic E-state index is 11.7. The summed E-state index contributed by atoms with van der Waals surface area (Å²) in [5, 5.41) is 14.0. The van der Waals surface area contributed by atoms with Crippen molar-refractivity contribution in [1.29, 1.82) is 0 Å². The third-order valence-electron chi connectivity index (χ3n) is 4.34. The smallest absolute Gasteiger partial charge is 0.217 e. The topological polar surface area (TPSA) is 79.3 Å². The fraction of sp³-hybridized carbons (Fsp3) is 0.370. The number of allylic oxidation sites excluding steroid dienone is 1. The summed E-state index contributed by atoms with van der Waals surface area (Å²) < 4.78 is 0. The fourth-order valence-corrected chi connectivity index (χ4v) is 2.68. The lowest BCUT2D eigenvalue weighted by Gasteiger charge is -2.03. The van der Waals surface area contributed by atoms with E-state index < -0.39 is 0 Å². The van der Waals surface area contributed by atoms with E-state index in [0.717, 1.165) is 34.5 Å². The summed E-state index contributed by atoms with van der Waals surface area (Å²) in [7, 11) is 0. The molecule has 1 aromatic carbocycles. The van der Waals surface area contributed by atoms with Crippen molar-refractivity contribution in [2.24, 2.45) is 0 Å². The molecule has 0 aliphatic carbocycles. The first-order valence-corrected chi connectivity index (χ1v) is 11.2. The van der Waals surface area contributed by atoms with Gasteiger partial charge >= 0.3 is 0 Å². The van der Waals surface area contributed by atoms with Gasteiger partial charge in [-0.1, -0.05) is 70.2 Å². The highest BCUT2D eigenvalue weighted by Gasteiger charge is 2.04. The zero-order chi connectivity index (χ0) is 24.4. The van der Waals surface area contributed by atoms with Crippen LogP contribution >= 0.6 is 0 Å². The molecule has 0 saturated heterocycles. The third kappa shape index (κ3) is 11.8. The predicted molar refractivity (Wildman–Crippen MR) is 133 cm³/mol. The van der Waals surface area contributed by atoms with Crippen molar-refractivity contribution >= 4 is 23.8 Å². The summed E-state index contributed by atoms with van der Waals surface area (Å²) in [6.07, 6.45) is 10.6. The lowest BCUT2D eigenvalue weighted by atomic mass is 10.1. The molecule has 1 aromatic heterocycles. The molecule has 0 spiro atoms. The van der Waals surface area contributed by atoms with Crippen molar-refractivity contribution in [3.05, 3.63) is 70.9 Å². The van der Waals surface area contributed by atoms with E-state index in [0.29, 0.717) is 19.4 Å². The Labute approximate surface area is 192 Å². The largest absolute Gasteiger partial charge is 0.508 e. The number of carbonyl (C=O) groups excluding carboxylic acids is 2. The second kappa shape index (κ2) is 17.5. The molecular weight excluding hydrogens is 400 g/mol. The first-order chi connectivity index (χ1) is 15.4. The number of hydrogen-bond donors (Lipinski definition) is 2. The molecular formula is C27H38N2O3. The molecule has 0 unspecified atom stereocenters. The summed E-state index contributed by atoms with van der Waals surface area (Å²) in [5.41, 5.74) is 1.57. The number of aromatic hydroxyl groups is 1. The number of rotatable bonds is 8. The number of Topliss-reactive ketones (excluding diaryl/α,β-unsaturated/α-hetero) is 1. The standard InChI is InChI=1S/C16H21NO.C9H11NO2.C2H6/c1-4-7-9-16(18)11-15-10-14(8-5-2)13(6-3)12-17-15;1-7(11)10-6-8-4-2-3-5-9(8)12;1-2/h5-6,8,10,12H,2,4,7,9,11H2,1,3H3;2-5,12H,6H2,1H3,(H,10,11);1-2H3/b13-6-,14-8-;;. The molecule has 5 nitrogen and oxygen atoms in total. The van der Waals surface area contributed by atoms with E-state index in [1.807, 2.05) is 51.3 Å². The van der Waals surface area contributed by atoms with Crippen LogP contribution in [0.15, 0.2) is 49.2 Å². The number of para-hydroxylation sites is 1. The van der Waals surface area contributed by atoms with Crippen LogP contribution in [-0.2, 0) is 22.6 Å². The van der Waals surface area contributed by atoms with Gasteiger partial charge in [0.15, 0.2) is 0 Å². The lowest BCUT2D eigenvalue weighted by molar-refractivity contribution is -0.119. The Balaban J connectivity index is 0.000000595. The highest BCUT2D eigenvalue weighted by molar-refractivity contribution is 5.80. The lowest BCUT2D eigenvalue weighted by Crippen LogP contribution is -2.26. The molecule has 1 heterocycles. The average molecular weight is 439 g/mol. The molecule has 2 N–H and O–H groups in total. The molecule has 0 saturated carbocycles. The zero-order valence-corrected chi connectivity index (χ0v) is 20.1. The first-order valence-electron chi connectivity index (χ1n) is 11.2. The van der Waals surface area contributed by atoms with Gasteiger partial charge < -0.3 is 10.4 Å². The van der Waals surface area contributed by atoms with E-state index in [2.05, 4.69) is 23.8 Å². The van der Waals surface area contributed by atoms with Gasteiger partial charge in [-0.25, -0.2) is 0 Å². The number of carbonyl (C=O) groups is 2. The molecule has 174 valence electrons. The molecule has 0 aliphatic rings. The van der Waals surface area contributed by atoms with E-state index in [1.165, 1.54) is 6.92 Å². The zero-order valence-electron chi connectivity index (χ0n) is 20.1. The van der Waals surface area contributed by atoms with E-state index in [4.69, 9.17) is 0 Å². The van der Waals surface area contributed by atoms with Crippen LogP contribution in [-0.4, -0.2) is 21.8 Å². The van der Waals surface area contributed by atoms with Crippen molar-refractivity contribution < 1.29 is 14.7 Å². The van der Waals surface area contributed by atoms with Gasteiger partial charge in [0.05, 0.1) is 0 Å². The molecule has 0 bridgehead atoms. The number of nitrogens with zero attached hydrogens (tertiary/aromatic N) is 1. The maximum atomic E-state index is 11.7. The number of hydrogen-bond acceptors (Lipinski definition) is 4. The molecule has 0 radical (unpaired) electrons. The molecule has 1 amide bonds. The summed E-state index contributed by atoms with van der Waals surface area (Å²) in [6.45, 7) is 13.6. The number of pyridine rings is 1. The Kier molecular flexibility index (Phi) is 15.7. The van der Waals surface area contributed by atoms with Gasteiger partial charge in [-0.2, -0.15) is 0 Å². The van der Waals surface area contributed by atoms with Crippen LogP contribution in [0.2, 0.25) is 0 Å². The van der Waals surface area contributed by atoms with Crippen LogP contribution in [0.1, 0.15) is 65.1 Å². The molecule has 2 aromatic rings. The molecule has 5 heteroatoms. The number of ketones is 1. The number of phenols is 1. The summed E-state index contributed by atoms with van der Waals surface area (Å²) in [4.78, 5) is 26.6. The van der Waals surface area contributed by atoms with Crippen molar-refractivity contribution in [1.82, 2.24) is 10.3 Å². The highest BCUT2D eigenvalue weighted by Crippen LogP contribution is 2.14. The van der Waals surface area contributed by atoms with Gasteiger partial charge in [0.2, 0.25) is 5.91 Å². The molecule has 2 rings (SSSR count). The van der Waals surface area contributed by atoms with Crippen molar-refractivity contribution in [2.75, 3.05) is 0 Å². The monoisotopic (exact) mass is 438 g/mol. The number of phenolic OH excluding ortho intramolecular Hbond substituents is 1. The van der Waals surface area contributed by atoms with Crippen LogP contribution < -0.4 is 15.8 Å². The predicted octanol–water partition coefficient (Wildman–Crippen LogP) is 4.20. The van der Waals surface area contributed by atoms with Gasteiger partial charge in [-0.3, -0.25) is 14.6 Å². The minimum atomic E-state index is -0.0988. The van der Waals surface area contributed by atoms with E-state index in [1.54, 1.807) is 24.3 Å². The Morgan fingerprint density at radius 1 is 1.19 bits per heavy atom. The number of amides is 1. The molecule has 0 aliphatic heterocycles. The highest BCUT2D eigenvalue weighted by atomic mass is 16.3. The number of unbranched alkanes of at least 4 members (excludes halogenated alkanes) is 1. The molecule has 0 fully saturated rings. The molecule has 0 atom stereocenters. The van der Waals surface area contributed by atoms with Crippen molar-refractivity contribution in [3.8, 4) is 5.75 Å². The van der Waals surface area contributed by atoms with E-state index in [-0.39, 0.29) is 17.4 Å². The fourth-order valence-electron chi connectivity index (χ4n) is 2.68. The quantitative estimate of drug-likeness (QED) is 0.647. The number of aromatic nitrogens is 1. The summed E-state index contributed by atoms with van der Waals surface area (Å²) >= 11 is 0. The van der Waals surface area contributed by atoms with E-state index >= 15 is 0 Å². The summed E-state index contributed by atoms with van der Waals surface area (Å²) in [6, 6.07) is 8.90. The summed E-state index contributed by atoms with van der Waals surface area (Å²) in [5.74, 6) is 0.381. The SMILES string of the molecule is C=C/C=c1/cc(CC(=O)CCCC)nc/c1=C/C.CC.CC(=O)NCc1ccccc1O. The second-order valence-corrected chi connectivity index (χ2v) is 6.85. The van der Waals surface area contributed by atoms with Gasteiger partial charge in [0, 0.05) is 43.8 Å². The normalized spacial score (nSPS) is 10.9. The van der Waals surface area contributed by atoms with Gasteiger partial charge in [0.1, 0.15) is 11.5 Å². The minimum Gasteiger partial charge on any atom is -0.508 e. The van der Waals surface area contributed by atoms with Crippen molar-refractivity contribution in [2.45, 2.75) is 66.8 Å². The van der Waals surface area contributed by atoms with Crippen LogP contribution in [0.5, 0.6) is 5.75 Å². The van der Waals surface area contributed by atoms with Crippen LogP contribution in [0, 0.1) is 0 Å². The van der Waals surface area contributed by atoms with Crippen LogP contribution in [0.4, 0.5) is 0 Å². The maximum Gasteiger partial charge on any atom is 0.217 e. The van der Waals surface area contributed by atoms with Crippen LogP contribution in [0.3, 0.4) is 0 Å². The second-order valence-electron chi connectivity index (χ2n) is 6.85. The van der Waals surface area contributed by atoms with E-state index in [9.17, 15) is 14.7 Å². The Hall–Kier alpha value is -3.21. The van der Waals surface area contributed by atoms with Gasteiger partial charge in [-0.05, 0) is 35.9 Å². The van der Waals surface area contributed by atoms with Crippen molar-refractivity contribution in [3.63, 3.8) is 0 Å².